The zero-order chi connectivity index (χ0) is 18.4. The number of phenolic OH excluding ortho intramolecular Hbond substituents is 1. The monoisotopic (exact) mass is 370 g/mol. The first-order valence-corrected chi connectivity index (χ1v) is 9.60. The molecule has 2 aromatic carbocycles. The normalized spacial score (nSPS) is 16.4. The number of hydrogen-bond acceptors (Lipinski definition) is 3. The second-order valence-electron chi connectivity index (χ2n) is 6.62. The Morgan fingerprint density at radius 1 is 1.23 bits per heavy atom. The van der Waals surface area contributed by atoms with E-state index in [4.69, 9.17) is 17.0 Å². The smallest absolute Gasteiger partial charge is 0.173 e. The number of benzene rings is 2. The number of ether oxygens (including phenoxy) is 1. The lowest BCUT2D eigenvalue weighted by Crippen LogP contribution is -2.39. The van der Waals surface area contributed by atoms with E-state index in [1.165, 1.54) is 5.56 Å². The third-order valence-electron chi connectivity index (χ3n) is 4.70. The molecule has 2 aromatic rings. The molecule has 0 aliphatic carbocycles. The van der Waals surface area contributed by atoms with Crippen molar-refractivity contribution in [3.63, 3.8) is 0 Å². The van der Waals surface area contributed by atoms with Crippen LogP contribution in [0, 0.1) is 0 Å². The number of hydrogen-bond donors (Lipinski definition) is 2. The van der Waals surface area contributed by atoms with Crippen molar-refractivity contribution in [1.82, 2.24) is 4.90 Å². The van der Waals surface area contributed by atoms with Gasteiger partial charge in [-0.05, 0) is 55.2 Å². The molecule has 4 nitrogen and oxygen atoms in total. The molecule has 0 unspecified atom stereocenters. The molecule has 0 saturated carbocycles. The minimum atomic E-state index is 0.183. The van der Waals surface area contributed by atoms with Gasteiger partial charge in [0.15, 0.2) is 5.11 Å². The van der Waals surface area contributed by atoms with Crippen LogP contribution < -0.4 is 5.32 Å². The molecule has 1 aliphatic heterocycles. The Bertz CT molecular complexity index is 727. The number of para-hydroxylation sites is 1. The van der Waals surface area contributed by atoms with Crippen LogP contribution >= 0.6 is 12.2 Å². The number of anilines is 1. The molecule has 2 N–H and O–H groups in total. The van der Waals surface area contributed by atoms with E-state index in [1.807, 2.05) is 18.2 Å². The molecule has 1 heterocycles. The summed E-state index contributed by atoms with van der Waals surface area (Å²) in [6.07, 6.45) is 3.34. The van der Waals surface area contributed by atoms with Crippen LogP contribution in [0.25, 0.3) is 0 Å². The molecule has 5 heteroatoms. The number of aryl methyl sites for hydroxylation is 1. The van der Waals surface area contributed by atoms with E-state index in [9.17, 15) is 5.11 Å². The van der Waals surface area contributed by atoms with Gasteiger partial charge in [-0.25, -0.2) is 0 Å². The predicted octanol–water partition coefficient (Wildman–Crippen LogP) is 4.33. The van der Waals surface area contributed by atoms with E-state index >= 15 is 0 Å². The van der Waals surface area contributed by atoms with Crippen LogP contribution in [-0.2, 0) is 17.7 Å². The van der Waals surface area contributed by atoms with Crippen molar-refractivity contribution in [3.05, 3.63) is 59.7 Å². The molecule has 0 aromatic heterocycles. The van der Waals surface area contributed by atoms with Gasteiger partial charge in [-0.3, -0.25) is 0 Å². The number of phenols is 1. The van der Waals surface area contributed by atoms with Crippen LogP contribution in [-0.4, -0.2) is 34.4 Å². The average Bonchev–Trinajstić information content (AvgIpc) is 3.16. The van der Waals surface area contributed by atoms with Gasteiger partial charge in [0, 0.05) is 30.9 Å². The largest absolute Gasteiger partial charge is 0.508 e. The van der Waals surface area contributed by atoms with Crippen LogP contribution in [0.4, 0.5) is 5.69 Å². The minimum Gasteiger partial charge on any atom is -0.508 e. The molecule has 26 heavy (non-hydrogen) atoms. The minimum absolute atomic E-state index is 0.183. The Morgan fingerprint density at radius 2 is 2.00 bits per heavy atom. The number of thiocarbonyl (C=S) groups is 1. The zero-order valence-corrected chi connectivity index (χ0v) is 16.0. The van der Waals surface area contributed by atoms with Crippen molar-refractivity contribution in [2.24, 2.45) is 0 Å². The van der Waals surface area contributed by atoms with Gasteiger partial charge in [-0.2, -0.15) is 0 Å². The van der Waals surface area contributed by atoms with Gasteiger partial charge in [0.1, 0.15) is 5.75 Å². The predicted molar refractivity (Wildman–Crippen MR) is 110 cm³/mol. The highest BCUT2D eigenvalue weighted by atomic mass is 32.1. The summed E-state index contributed by atoms with van der Waals surface area (Å²) >= 11 is 5.67. The van der Waals surface area contributed by atoms with E-state index < -0.39 is 0 Å². The number of nitrogens with zero attached hydrogens (tertiary/aromatic N) is 1. The second-order valence-corrected chi connectivity index (χ2v) is 7.01. The first-order valence-electron chi connectivity index (χ1n) is 9.19. The fourth-order valence-corrected chi connectivity index (χ4v) is 3.39. The fraction of sp³-hybridized carbons (Fsp3) is 0.381. The summed E-state index contributed by atoms with van der Waals surface area (Å²) < 4.78 is 5.79. The van der Waals surface area contributed by atoms with Gasteiger partial charge >= 0.3 is 0 Å². The lowest BCUT2D eigenvalue weighted by atomic mass is 10.1. The third kappa shape index (κ3) is 4.96. The standard InChI is InChI=1S/C21H26N2O2S/c1-2-16-9-11-18(12-10-16)22-21(26)23(15-19-7-5-13-25-19)14-17-6-3-4-8-20(17)24/h3-4,6,8-12,19,24H,2,5,7,13-15H2,1H3,(H,22,26)/t19-/m1/s1. The van der Waals surface area contributed by atoms with Crippen molar-refractivity contribution in [3.8, 4) is 5.75 Å². The summed E-state index contributed by atoms with van der Waals surface area (Å²) in [4.78, 5) is 2.08. The van der Waals surface area contributed by atoms with Crippen LogP contribution in [0.1, 0.15) is 30.9 Å². The number of aromatic hydroxyl groups is 1. The van der Waals surface area contributed by atoms with Gasteiger partial charge in [0.25, 0.3) is 0 Å². The Labute approximate surface area is 160 Å². The number of rotatable bonds is 6. The Kier molecular flexibility index (Phi) is 6.47. The molecule has 138 valence electrons. The van der Waals surface area contributed by atoms with Gasteiger partial charge < -0.3 is 20.1 Å². The average molecular weight is 371 g/mol. The molecule has 1 fully saturated rings. The molecule has 1 atom stereocenters. The van der Waals surface area contributed by atoms with Crippen LogP contribution in [0.2, 0.25) is 0 Å². The first-order chi connectivity index (χ1) is 12.7. The second kappa shape index (κ2) is 9.01. The molecule has 0 bridgehead atoms. The molecule has 0 amide bonds. The summed E-state index contributed by atoms with van der Waals surface area (Å²) in [5.41, 5.74) is 3.13. The highest BCUT2D eigenvalue weighted by Crippen LogP contribution is 2.21. The Morgan fingerprint density at radius 3 is 2.65 bits per heavy atom. The molecule has 1 saturated heterocycles. The lowest BCUT2D eigenvalue weighted by molar-refractivity contribution is 0.0904. The first kappa shape index (κ1) is 18.7. The van der Waals surface area contributed by atoms with Crippen LogP contribution in [0.15, 0.2) is 48.5 Å². The summed E-state index contributed by atoms with van der Waals surface area (Å²) in [5.74, 6) is 0.292. The highest BCUT2D eigenvalue weighted by Gasteiger charge is 2.22. The van der Waals surface area contributed by atoms with Gasteiger partial charge in [-0.1, -0.05) is 37.3 Å². The van der Waals surface area contributed by atoms with E-state index in [-0.39, 0.29) is 6.10 Å². The molecular weight excluding hydrogens is 344 g/mol. The summed E-state index contributed by atoms with van der Waals surface area (Å²) in [6, 6.07) is 15.7. The maximum Gasteiger partial charge on any atom is 0.173 e. The maximum absolute atomic E-state index is 10.1. The third-order valence-corrected chi connectivity index (χ3v) is 5.06. The topological polar surface area (TPSA) is 44.7 Å². The summed E-state index contributed by atoms with van der Waals surface area (Å²) in [7, 11) is 0. The molecule has 3 rings (SSSR count). The Hall–Kier alpha value is -2.11. The Balaban J connectivity index is 1.72. The van der Waals surface area contributed by atoms with Crippen molar-refractivity contribution < 1.29 is 9.84 Å². The summed E-state index contributed by atoms with van der Waals surface area (Å²) in [6.45, 7) is 4.22. The molecular formula is C21H26N2O2S. The zero-order valence-electron chi connectivity index (χ0n) is 15.1. The van der Waals surface area contributed by atoms with Gasteiger partial charge in [-0.15, -0.1) is 0 Å². The van der Waals surface area contributed by atoms with Crippen LogP contribution in [0.5, 0.6) is 5.75 Å². The molecule has 0 radical (unpaired) electrons. The van der Waals surface area contributed by atoms with Gasteiger partial charge in [0.05, 0.1) is 6.10 Å². The van der Waals surface area contributed by atoms with E-state index in [1.54, 1.807) is 6.07 Å². The van der Waals surface area contributed by atoms with Crippen molar-refractivity contribution in [1.29, 1.82) is 0 Å². The lowest BCUT2D eigenvalue weighted by Gasteiger charge is -2.28. The molecule has 0 spiro atoms. The SMILES string of the molecule is CCc1ccc(NC(=S)N(Cc2ccccc2O)C[C@H]2CCCO2)cc1. The van der Waals surface area contributed by atoms with E-state index in [0.717, 1.165) is 37.1 Å². The van der Waals surface area contributed by atoms with Crippen molar-refractivity contribution in [2.75, 3.05) is 18.5 Å². The quantitative estimate of drug-likeness (QED) is 0.741. The van der Waals surface area contributed by atoms with Crippen LogP contribution in [0.3, 0.4) is 0 Å². The maximum atomic E-state index is 10.1. The molecule has 1 aliphatic rings. The van der Waals surface area contributed by atoms with Gasteiger partial charge in [0.2, 0.25) is 0 Å². The fourth-order valence-electron chi connectivity index (χ4n) is 3.13. The number of nitrogens with one attached hydrogen (secondary N) is 1. The van der Waals surface area contributed by atoms with Crippen molar-refractivity contribution in [2.45, 2.75) is 38.8 Å². The summed E-state index contributed by atoms with van der Waals surface area (Å²) in [5, 5.41) is 14.1. The van der Waals surface area contributed by atoms with E-state index in [0.29, 0.717) is 24.0 Å². The van der Waals surface area contributed by atoms with Crippen molar-refractivity contribution >= 4 is 23.0 Å². The highest BCUT2D eigenvalue weighted by molar-refractivity contribution is 7.80. The van der Waals surface area contributed by atoms with E-state index in [2.05, 4.69) is 41.4 Å².